The highest BCUT2D eigenvalue weighted by Gasteiger charge is 2.54. The van der Waals surface area contributed by atoms with Gasteiger partial charge >= 0.3 is 5.97 Å². The number of hydrogen-bond acceptors (Lipinski definition) is 8. The molecule has 2 aliphatic rings. The molecule has 0 saturated carbocycles. The van der Waals surface area contributed by atoms with Crippen LogP contribution in [0, 0.1) is 0 Å². The lowest BCUT2D eigenvalue weighted by Gasteiger charge is -2.50. The number of nitrogens with one attached hydrogen (secondary N) is 1. The van der Waals surface area contributed by atoms with Crippen molar-refractivity contribution < 1.29 is 38.0 Å². The van der Waals surface area contributed by atoms with Gasteiger partial charge in [0.15, 0.2) is 18.2 Å². The molecule has 2 aliphatic heterocycles. The third-order valence-electron chi connectivity index (χ3n) is 11.3. The first-order valence-electron chi connectivity index (χ1n) is 22.6. The van der Waals surface area contributed by atoms with E-state index in [-0.39, 0.29) is 44.0 Å². The van der Waals surface area contributed by atoms with Crippen LogP contribution in [-0.2, 0) is 57.5 Å². The molecule has 59 heavy (non-hydrogen) atoms. The molecule has 3 aromatic carbocycles. The van der Waals surface area contributed by atoms with Gasteiger partial charge in [-0.1, -0.05) is 156 Å². The van der Waals surface area contributed by atoms with E-state index in [0.717, 1.165) is 56.1 Å². The van der Waals surface area contributed by atoms with Crippen LogP contribution >= 0.6 is 0 Å². The second-order valence-corrected chi connectivity index (χ2v) is 16.8. The van der Waals surface area contributed by atoms with Crippen LogP contribution in [0.25, 0.3) is 0 Å². The van der Waals surface area contributed by atoms with Crippen molar-refractivity contribution in [1.82, 2.24) is 5.32 Å². The fourth-order valence-corrected chi connectivity index (χ4v) is 8.01. The predicted octanol–water partition coefficient (Wildman–Crippen LogP) is 10.2. The highest BCUT2D eigenvalue weighted by atomic mass is 16.8. The van der Waals surface area contributed by atoms with Gasteiger partial charge < -0.3 is 33.7 Å². The number of fused-ring (bicyclic) bond motifs is 1. The number of ether oxygens (including phenoxy) is 6. The van der Waals surface area contributed by atoms with Crippen molar-refractivity contribution in [3.8, 4) is 0 Å². The third kappa shape index (κ3) is 17.1. The highest BCUT2D eigenvalue weighted by Crippen LogP contribution is 2.35. The van der Waals surface area contributed by atoms with Gasteiger partial charge in [0.2, 0.25) is 5.91 Å². The number of esters is 1. The van der Waals surface area contributed by atoms with Gasteiger partial charge in [0.05, 0.1) is 25.7 Å². The zero-order valence-electron chi connectivity index (χ0n) is 36.0. The Hall–Kier alpha value is -3.60. The van der Waals surface area contributed by atoms with Crippen molar-refractivity contribution in [1.29, 1.82) is 0 Å². The Morgan fingerprint density at radius 2 is 1.34 bits per heavy atom. The van der Waals surface area contributed by atoms with Gasteiger partial charge in [0, 0.05) is 13.0 Å². The normalized spacial score (nSPS) is 21.6. The van der Waals surface area contributed by atoms with Crippen LogP contribution in [0.4, 0.5) is 0 Å². The van der Waals surface area contributed by atoms with Crippen LogP contribution in [-0.4, -0.2) is 67.6 Å². The fraction of sp³-hybridized carbons (Fsp3) is 0.600. The van der Waals surface area contributed by atoms with E-state index in [1.54, 1.807) is 0 Å². The van der Waals surface area contributed by atoms with Crippen LogP contribution in [0.5, 0.6) is 0 Å². The Balaban J connectivity index is 1.26. The molecule has 2 fully saturated rings. The number of carbonyl (C=O) groups is 2. The Morgan fingerprint density at radius 3 is 1.98 bits per heavy atom. The Kier molecular flexibility index (Phi) is 20.4. The van der Waals surface area contributed by atoms with E-state index in [1.807, 2.05) is 68.4 Å². The molecule has 0 aromatic heterocycles. The summed E-state index contributed by atoms with van der Waals surface area (Å²) in [5, 5.41) is 3.22. The summed E-state index contributed by atoms with van der Waals surface area (Å²) < 4.78 is 38.2. The van der Waals surface area contributed by atoms with Crippen LogP contribution in [0.2, 0.25) is 0 Å². The summed E-state index contributed by atoms with van der Waals surface area (Å²) in [4.78, 5) is 27.8. The number of amides is 1. The average Bonchev–Trinajstić information content (AvgIpc) is 3.24. The molecule has 0 radical (unpaired) electrons. The van der Waals surface area contributed by atoms with Gasteiger partial charge in [-0.25, -0.2) is 0 Å². The lowest BCUT2D eigenvalue weighted by atomic mass is 9.94. The number of benzene rings is 3. The van der Waals surface area contributed by atoms with Gasteiger partial charge in [-0.15, -0.1) is 0 Å². The van der Waals surface area contributed by atoms with E-state index < -0.39 is 36.4 Å². The zero-order chi connectivity index (χ0) is 41.5. The van der Waals surface area contributed by atoms with Crippen molar-refractivity contribution in [2.45, 2.75) is 179 Å². The molecule has 9 nitrogen and oxygen atoms in total. The summed E-state index contributed by atoms with van der Waals surface area (Å²) in [6, 6.07) is 29.6. The van der Waals surface area contributed by atoms with Crippen molar-refractivity contribution in [3.05, 3.63) is 108 Å². The molecule has 5 rings (SSSR count). The minimum atomic E-state index is -0.941. The molecule has 324 valence electrons. The summed E-state index contributed by atoms with van der Waals surface area (Å²) in [5.41, 5.74) is 3.44. The molecule has 0 spiro atoms. The first-order valence-corrected chi connectivity index (χ1v) is 22.6. The van der Waals surface area contributed by atoms with Gasteiger partial charge in [-0.3, -0.25) is 9.59 Å². The Bertz CT molecular complexity index is 1590. The number of unbranched alkanes of at least 4 members (excludes halogenated alkanes) is 9. The number of carbonyl (C=O) groups excluding carboxylic acids is 2. The van der Waals surface area contributed by atoms with Gasteiger partial charge in [0.1, 0.15) is 18.2 Å². The Labute approximate surface area is 354 Å². The van der Waals surface area contributed by atoms with Crippen LogP contribution in [0.3, 0.4) is 0 Å². The second-order valence-electron chi connectivity index (χ2n) is 16.8. The highest BCUT2D eigenvalue weighted by molar-refractivity contribution is 5.77. The molecule has 2 saturated heterocycles. The standard InChI is InChI=1S/C50H71NO8/c1-4-5-6-7-8-9-10-11-21-33-42(54-35-23-22-29-39-25-15-12-16-26-39)36-44(52)51-46-48(58-45(53)34-24-32-40-27-17-13-18-28-40)47-43(38-56-50(2,3)59-47)57-49(46)55-37-41-30-19-14-20-31-41/h12-20,25-28,30-31,42-43,46-49H,4-11,21-24,29,32-38H2,1-3H3,(H,51,52)/t42-,43-,46-,47-,48-,49-/m1/s1. The lowest BCUT2D eigenvalue weighted by Crippen LogP contribution is -2.69. The lowest BCUT2D eigenvalue weighted by molar-refractivity contribution is -0.370. The topological polar surface area (TPSA) is 102 Å². The van der Waals surface area contributed by atoms with E-state index >= 15 is 0 Å². The minimum absolute atomic E-state index is 0.179. The summed E-state index contributed by atoms with van der Waals surface area (Å²) in [6.45, 7) is 6.98. The molecule has 0 bridgehead atoms. The van der Waals surface area contributed by atoms with Crippen molar-refractivity contribution in [3.63, 3.8) is 0 Å². The number of aryl methyl sites for hydroxylation is 2. The van der Waals surface area contributed by atoms with Crippen LogP contribution in [0.15, 0.2) is 91.0 Å². The number of rotatable bonds is 27. The number of hydrogen-bond donors (Lipinski definition) is 1. The summed E-state index contributed by atoms with van der Waals surface area (Å²) in [5.74, 6) is -1.50. The molecule has 3 aromatic rings. The quantitative estimate of drug-likeness (QED) is 0.0600. The third-order valence-corrected chi connectivity index (χ3v) is 11.3. The summed E-state index contributed by atoms with van der Waals surface area (Å²) in [7, 11) is 0. The van der Waals surface area contributed by atoms with Crippen LogP contribution in [0.1, 0.15) is 134 Å². The first kappa shape index (κ1) is 46.5. The summed E-state index contributed by atoms with van der Waals surface area (Å²) >= 11 is 0. The maximum Gasteiger partial charge on any atom is 0.306 e. The van der Waals surface area contributed by atoms with E-state index in [9.17, 15) is 9.59 Å². The van der Waals surface area contributed by atoms with E-state index in [4.69, 9.17) is 28.4 Å². The van der Waals surface area contributed by atoms with Crippen molar-refractivity contribution >= 4 is 11.9 Å². The molecule has 9 heteroatoms. The maximum atomic E-state index is 14.2. The molecule has 1 N–H and O–H groups in total. The minimum Gasteiger partial charge on any atom is -0.457 e. The monoisotopic (exact) mass is 814 g/mol. The largest absolute Gasteiger partial charge is 0.457 e. The molecule has 6 atom stereocenters. The van der Waals surface area contributed by atoms with E-state index in [0.29, 0.717) is 13.0 Å². The van der Waals surface area contributed by atoms with Crippen molar-refractivity contribution in [2.75, 3.05) is 13.2 Å². The molecule has 2 heterocycles. The van der Waals surface area contributed by atoms with E-state index in [1.165, 1.54) is 50.5 Å². The van der Waals surface area contributed by atoms with Gasteiger partial charge in [0.25, 0.3) is 0 Å². The molecular weight excluding hydrogens is 743 g/mol. The molecule has 0 unspecified atom stereocenters. The SMILES string of the molecule is CCCCCCCCCCC[C@H](CC(=O)N[C@H]1[C@H](OCc2ccccc2)O[C@@H]2COC(C)(C)O[C@H]2[C@@H]1OC(=O)CCCc1ccccc1)OCCCCc1ccccc1. The average molecular weight is 814 g/mol. The first-order chi connectivity index (χ1) is 28.8. The molecular formula is C50H71NO8. The van der Waals surface area contributed by atoms with Gasteiger partial charge in [-0.2, -0.15) is 0 Å². The fourth-order valence-electron chi connectivity index (χ4n) is 8.01. The van der Waals surface area contributed by atoms with Crippen LogP contribution < -0.4 is 5.32 Å². The molecule has 1 amide bonds. The predicted molar refractivity (Wildman–Crippen MR) is 232 cm³/mol. The molecule has 0 aliphatic carbocycles. The van der Waals surface area contributed by atoms with Crippen molar-refractivity contribution in [2.24, 2.45) is 0 Å². The Morgan fingerprint density at radius 1 is 0.746 bits per heavy atom. The zero-order valence-corrected chi connectivity index (χ0v) is 36.0. The second kappa shape index (κ2) is 25.9. The smallest absolute Gasteiger partial charge is 0.306 e. The summed E-state index contributed by atoms with van der Waals surface area (Å²) in [6.07, 6.45) is 13.3. The maximum absolute atomic E-state index is 14.2. The van der Waals surface area contributed by atoms with Gasteiger partial charge in [-0.05, 0) is 69.1 Å². The van der Waals surface area contributed by atoms with E-state index in [2.05, 4.69) is 48.6 Å².